The number of ketones is 1. The quantitative estimate of drug-likeness (QED) is 0.873. The van der Waals surface area contributed by atoms with Crippen LogP contribution in [0.2, 0.25) is 0 Å². The summed E-state index contributed by atoms with van der Waals surface area (Å²) in [4.78, 5) is 23.8. The van der Waals surface area contributed by atoms with Crippen molar-refractivity contribution < 1.29 is 9.59 Å². The fourth-order valence-electron chi connectivity index (χ4n) is 1.71. The molecule has 0 bridgehead atoms. The number of hydrogen-bond acceptors (Lipinski definition) is 2. The molecule has 1 N–H and O–H groups in total. The first-order valence-corrected chi connectivity index (χ1v) is 6.99. The van der Waals surface area contributed by atoms with Crippen molar-refractivity contribution in [1.29, 1.82) is 0 Å². The molecule has 2 aromatic carbocycles. The monoisotopic (exact) mass is 331 g/mol. The highest BCUT2D eigenvalue weighted by atomic mass is 79.9. The number of rotatable bonds is 4. The zero-order valence-corrected chi connectivity index (χ0v) is 12.6. The topological polar surface area (TPSA) is 46.2 Å². The Bertz CT molecular complexity index is 560. The molecule has 2 rings (SSSR count). The maximum atomic E-state index is 11.9. The first-order valence-electron chi connectivity index (χ1n) is 6.20. The average Bonchev–Trinajstić information content (AvgIpc) is 2.46. The largest absolute Gasteiger partial charge is 0.345 e. The smallest absolute Gasteiger partial charge is 0.251 e. The molecule has 102 valence electrons. The lowest BCUT2D eigenvalue weighted by Gasteiger charge is -2.05. The molecule has 0 aliphatic heterocycles. The van der Waals surface area contributed by atoms with E-state index in [0.717, 1.165) is 10.0 Å². The van der Waals surface area contributed by atoms with Gasteiger partial charge in [-0.05, 0) is 31.2 Å². The summed E-state index contributed by atoms with van der Waals surface area (Å²) in [5.41, 5.74) is 2.23. The van der Waals surface area contributed by atoms with Crippen LogP contribution in [-0.4, -0.2) is 18.2 Å². The van der Waals surface area contributed by atoms with Crippen molar-refractivity contribution in [2.75, 3.05) is 6.54 Å². The number of Topliss-reactive ketones (excluding diaryl/α,β-unsaturated/α-hetero) is 1. The fraction of sp³-hybridized carbons (Fsp3) is 0.125. The summed E-state index contributed by atoms with van der Waals surface area (Å²) in [5.74, 6) is -0.353. The minimum atomic E-state index is -0.240. The van der Waals surface area contributed by atoms with E-state index in [4.69, 9.17) is 0 Å². The van der Waals surface area contributed by atoms with Crippen molar-refractivity contribution in [2.45, 2.75) is 6.92 Å². The van der Waals surface area contributed by atoms with Gasteiger partial charge >= 0.3 is 0 Å². The average molecular weight is 332 g/mol. The van der Waals surface area contributed by atoms with Crippen LogP contribution < -0.4 is 5.32 Å². The summed E-state index contributed by atoms with van der Waals surface area (Å²) in [7, 11) is 0. The van der Waals surface area contributed by atoms with Crippen LogP contribution in [0.25, 0.3) is 0 Å². The highest BCUT2D eigenvalue weighted by Crippen LogP contribution is 2.10. The van der Waals surface area contributed by atoms with Crippen LogP contribution in [0.3, 0.4) is 0 Å². The molecule has 0 spiro atoms. The number of aryl methyl sites for hydroxylation is 1. The van der Waals surface area contributed by atoms with Gasteiger partial charge in [0.2, 0.25) is 0 Å². The first kappa shape index (κ1) is 14.5. The third-order valence-electron chi connectivity index (χ3n) is 2.89. The molecule has 0 atom stereocenters. The minimum Gasteiger partial charge on any atom is -0.345 e. The summed E-state index contributed by atoms with van der Waals surface area (Å²) < 4.78 is 0.915. The van der Waals surface area contributed by atoms with Gasteiger partial charge in [0.25, 0.3) is 5.91 Å². The summed E-state index contributed by atoms with van der Waals surface area (Å²) in [5, 5.41) is 2.63. The van der Waals surface area contributed by atoms with Gasteiger partial charge in [-0.25, -0.2) is 0 Å². The Kier molecular flexibility index (Phi) is 4.69. The Morgan fingerprint density at radius 1 is 0.950 bits per heavy atom. The van der Waals surface area contributed by atoms with E-state index in [1.54, 1.807) is 36.4 Å². The van der Waals surface area contributed by atoms with Crippen molar-refractivity contribution >= 4 is 27.6 Å². The highest BCUT2D eigenvalue weighted by molar-refractivity contribution is 9.10. The van der Waals surface area contributed by atoms with Crippen LogP contribution in [-0.2, 0) is 0 Å². The van der Waals surface area contributed by atoms with E-state index in [1.807, 2.05) is 19.1 Å². The number of carbonyl (C=O) groups is 2. The number of amides is 1. The molecule has 0 fully saturated rings. The molecular formula is C16H14BrNO2. The summed E-state index contributed by atoms with van der Waals surface area (Å²) in [6.45, 7) is 1.95. The van der Waals surface area contributed by atoms with Crippen molar-refractivity contribution in [3.05, 3.63) is 69.7 Å². The second-order valence-electron chi connectivity index (χ2n) is 4.48. The van der Waals surface area contributed by atoms with E-state index in [9.17, 15) is 9.59 Å². The second kappa shape index (κ2) is 6.48. The molecule has 0 radical (unpaired) electrons. The molecule has 0 saturated heterocycles. The molecule has 0 heterocycles. The molecule has 20 heavy (non-hydrogen) atoms. The van der Waals surface area contributed by atoms with Gasteiger partial charge < -0.3 is 5.32 Å². The van der Waals surface area contributed by atoms with Crippen molar-refractivity contribution in [1.82, 2.24) is 5.32 Å². The SMILES string of the molecule is Cc1ccc(C(=O)NCC(=O)c2ccc(Br)cc2)cc1. The number of benzene rings is 2. The third-order valence-corrected chi connectivity index (χ3v) is 3.42. The zero-order valence-electron chi connectivity index (χ0n) is 11.0. The van der Waals surface area contributed by atoms with Gasteiger partial charge in [0.1, 0.15) is 0 Å². The second-order valence-corrected chi connectivity index (χ2v) is 5.39. The van der Waals surface area contributed by atoms with Gasteiger partial charge in [-0.15, -0.1) is 0 Å². The zero-order chi connectivity index (χ0) is 14.5. The Morgan fingerprint density at radius 3 is 2.10 bits per heavy atom. The Labute approximate surface area is 126 Å². The molecule has 0 unspecified atom stereocenters. The van der Waals surface area contributed by atoms with E-state index in [0.29, 0.717) is 11.1 Å². The van der Waals surface area contributed by atoms with Crippen LogP contribution in [0.4, 0.5) is 0 Å². The summed E-state index contributed by atoms with van der Waals surface area (Å²) in [6.07, 6.45) is 0. The predicted molar refractivity (Wildman–Crippen MR) is 82.0 cm³/mol. The van der Waals surface area contributed by atoms with Crippen LogP contribution in [0, 0.1) is 6.92 Å². The van der Waals surface area contributed by atoms with Gasteiger partial charge in [0.15, 0.2) is 5.78 Å². The van der Waals surface area contributed by atoms with Crippen molar-refractivity contribution in [2.24, 2.45) is 0 Å². The van der Waals surface area contributed by atoms with Gasteiger partial charge in [0, 0.05) is 15.6 Å². The van der Waals surface area contributed by atoms with Crippen LogP contribution in [0.1, 0.15) is 26.3 Å². The Balaban J connectivity index is 1.94. The van der Waals surface area contributed by atoms with E-state index in [2.05, 4.69) is 21.2 Å². The van der Waals surface area contributed by atoms with E-state index in [1.165, 1.54) is 0 Å². The predicted octanol–water partition coefficient (Wildman–Crippen LogP) is 3.37. The molecule has 4 heteroatoms. The van der Waals surface area contributed by atoms with Gasteiger partial charge in [0.05, 0.1) is 6.54 Å². The summed E-state index contributed by atoms with van der Waals surface area (Å²) in [6, 6.07) is 14.3. The highest BCUT2D eigenvalue weighted by Gasteiger charge is 2.09. The molecule has 0 aromatic heterocycles. The number of halogens is 1. The molecule has 1 amide bonds. The van der Waals surface area contributed by atoms with E-state index < -0.39 is 0 Å². The lowest BCUT2D eigenvalue weighted by atomic mass is 10.1. The maximum Gasteiger partial charge on any atom is 0.251 e. The Morgan fingerprint density at radius 2 is 1.50 bits per heavy atom. The molecule has 2 aromatic rings. The van der Waals surface area contributed by atoms with E-state index in [-0.39, 0.29) is 18.2 Å². The van der Waals surface area contributed by atoms with E-state index >= 15 is 0 Å². The fourth-order valence-corrected chi connectivity index (χ4v) is 1.97. The molecule has 0 saturated carbocycles. The molecular weight excluding hydrogens is 318 g/mol. The van der Waals surface area contributed by atoms with Gasteiger partial charge in [-0.2, -0.15) is 0 Å². The van der Waals surface area contributed by atoms with Crippen LogP contribution in [0.15, 0.2) is 53.0 Å². The Hall–Kier alpha value is -1.94. The van der Waals surface area contributed by atoms with Crippen molar-refractivity contribution in [3.63, 3.8) is 0 Å². The van der Waals surface area contributed by atoms with Gasteiger partial charge in [-0.3, -0.25) is 9.59 Å². The summed E-state index contributed by atoms with van der Waals surface area (Å²) >= 11 is 3.31. The van der Waals surface area contributed by atoms with Crippen LogP contribution >= 0.6 is 15.9 Å². The van der Waals surface area contributed by atoms with Crippen LogP contribution in [0.5, 0.6) is 0 Å². The molecule has 0 aliphatic rings. The third kappa shape index (κ3) is 3.78. The lowest BCUT2D eigenvalue weighted by Crippen LogP contribution is -2.29. The molecule has 3 nitrogen and oxygen atoms in total. The molecule has 0 aliphatic carbocycles. The standard InChI is InChI=1S/C16H14BrNO2/c1-11-2-4-13(5-3-11)16(20)18-10-15(19)12-6-8-14(17)9-7-12/h2-9H,10H2,1H3,(H,18,20). The lowest BCUT2D eigenvalue weighted by molar-refractivity contribution is 0.0904. The first-order chi connectivity index (χ1) is 9.56. The normalized spacial score (nSPS) is 10.1. The minimum absolute atomic E-state index is 0.00561. The van der Waals surface area contributed by atoms with Crippen molar-refractivity contribution in [3.8, 4) is 0 Å². The number of hydrogen-bond donors (Lipinski definition) is 1. The van der Waals surface area contributed by atoms with Gasteiger partial charge in [-0.1, -0.05) is 45.8 Å². The number of nitrogens with one attached hydrogen (secondary N) is 1. The maximum absolute atomic E-state index is 11.9. The number of carbonyl (C=O) groups excluding carboxylic acids is 2.